The number of aromatic amines is 1. The average molecular weight is 1280 g/mol. The molecule has 30 nitrogen and oxygen atoms in total. The normalized spacial score (nSPS) is 14.4. The van der Waals surface area contributed by atoms with Gasteiger partial charge in [-0.15, -0.1) is 0 Å². The number of phenolic OH excluding ortho intramolecular Hbond substituents is 3. The number of rotatable bonds is 36. The number of carbonyl (C=O) groups excluding carboxylic acids is 9. The average Bonchev–Trinajstić information content (AvgIpc) is 4.10. The number of nitrogens with two attached hydrogens (primary N) is 1. The fourth-order valence-electron chi connectivity index (χ4n) is 8.19. The number of phenols is 3. The van der Waals surface area contributed by atoms with Crippen LogP contribution in [0.3, 0.4) is 0 Å². The van der Waals surface area contributed by atoms with Gasteiger partial charge >= 0.3 is 17.9 Å². The number of carbonyl (C=O) groups is 12. The zero-order valence-corrected chi connectivity index (χ0v) is 49.9. The summed E-state index contributed by atoms with van der Waals surface area (Å²) in [6, 6.07) is 0.945. The van der Waals surface area contributed by atoms with E-state index in [9.17, 15) is 88.2 Å². The number of nitrogens with zero attached hydrogens (tertiary/aromatic N) is 1. The molecule has 0 spiro atoms. The Balaban J connectivity index is 1.50. The van der Waals surface area contributed by atoms with Gasteiger partial charge < -0.3 is 89.2 Å². The lowest BCUT2D eigenvalue weighted by Gasteiger charge is -2.27. The molecule has 3 aromatic carbocycles. The van der Waals surface area contributed by atoms with Crippen LogP contribution in [0.2, 0.25) is 0 Å². The van der Waals surface area contributed by atoms with Crippen LogP contribution in [0.4, 0.5) is 0 Å². The molecule has 0 aliphatic heterocycles. The summed E-state index contributed by atoms with van der Waals surface area (Å²) in [7, 11) is 0. The monoisotopic (exact) mass is 1280 g/mol. The number of amides is 9. The first-order valence-electron chi connectivity index (χ1n) is 26.9. The molecule has 1 aromatic heterocycles. The summed E-state index contributed by atoms with van der Waals surface area (Å²) < 4.78 is 0. The van der Waals surface area contributed by atoms with Gasteiger partial charge in [0.25, 0.3) is 0 Å². The van der Waals surface area contributed by atoms with Crippen molar-refractivity contribution in [1.29, 1.82) is 0 Å². The molecule has 0 aliphatic carbocycles. The van der Waals surface area contributed by atoms with Gasteiger partial charge in [0.15, 0.2) is 0 Å². The van der Waals surface area contributed by atoms with Crippen molar-refractivity contribution in [3.05, 3.63) is 108 Å². The summed E-state index contributed by atoms with van der Waals surface area (Å²) in [6.45, 7) is 1.17. The second kappa shape index (κ2) is 35.5. The number of nitrogens with one attached hydrogen (secondary N) is 10. The number of carboxylic acids is 3. The lowest BCUT2D eigenvalue weighted by atomic mass is 10.0. The van der Waals surface area contributed by atoms with Crippen molar-refractivity contribution in [3.63, 3.8) is 0 Å². The van der Waals surface area contributed by atoms with E-state index in [1.807, 2.05) is 0 Å². The molecule has 0 aliphatic rings. The van der Waals surface area contributed by atoms with Gasteiger partial charge in [0.2, 0.25) is 53.2 Å². The zero-order valence-electron chi connectivity index (χ0n) is 47.3. The fourth-order valence-corrected chi connectivity index (χ4v) is 9.18. The highest BCUT2D eigenvalue weighted by Gasteiger charge is 2.36. The van der Waals surface area contributed by atoms with Crippen LogP contribution in [0.15, 0.2) is 85.3 Å². The maximum Gasteiger partial charge on any atom is 0.326 e. The van der Waals surface area contributed by atoms with Gasteiger partial charge in [0, 0.05) is 37.0 Å². The minimum atomic E-state index is -1.88. The molecule has 0 radical (unpaired) electrons. The number of hydrogen-bond donors (Lipinski definition) is 19. The van der Waals surface area contributed by atoms with Gasteiger partial charge in [-0.2, -0.15) is 37.0 Å². The molecule has 0 saturated carbocycles. The zero-order chi connectivity index (χ0) is 65.2. The molecule has 1 heterocycles. The predicted molar refractivity (Wildman–Crippen MR) is 322 cm³/mol. The summed E-state index contributed by atoms with van der Waals surface area (Å²) in [5, 5.41) is 79.7. The Morgan fingerprint density at radius 2 is 0.830 bits per heavy atom. The predicted octanol–water partition coefficient (Wildman–Crippen LogP) is -2.85. The molecule has 9 amide bonds. The molecule has 4 rings (SSSR count). The molecule has 476 valence electrons. The molecule has 10 atom stereocenters. The van der Waals surface area contributed by atoms with Crippen LogP contribution in [0.5, 0.6) is 17.2 Å². The van der Waals surface area contributed by atoms with Crippen LogP contribution in [-0.2, 0) is 83.2 Å². The molecule has 0 unspecified atom stereocenters. The number of thiol groups is 2. The summed E-state index contributed by atoms with van der Waals surface area (Å²) >= 11 is 9.70. The number of imidazole rings is 1. The Kier molecular flexibility index (Phi) is 28.8. The van der Waals surface area contributed by atoms with Crippen molar-refractivity contribution in [3.8, 4) is 17.2 Å². The number of aromatic nitrogens is 2. The molecule has 0 saturated heterocycles. The van der Waals surface area contributed by atoms with Crippen LogP contribution >= 0.6 is 37.0 Å². The van der Waals surface area contributed by atoms with E-state index in [4.69, 9.17) is 5.73 Å². The maximum absolute atomic E-state index is 14.4. The number of aliphatic carboxylic acids is 3. The van der Waals surface area contributed by atoms with E-state index in [0.717, 1.165) is 0 Å². The smallest absolute Gasteiger partial charge is 0.326 e. The highest BCUT2D eigenvalue weighted by molar-refractivity contribution is 7.98. The SMILES string of the molecule is CSCC[C@H](NC(=O)[C@H](Cc1ccc(O)cc1)NC(=O)[C@H](CS)NC(=O)[C@H](Cc1c[nH]cn1)NC(=O)[C@H](CC(=O)O)NC(=O)[C@@H](N)Cc1ccc(O)cc1)C(=O)N[C@@H](CS)C(=O)N[C@H](CC(=O)O)C(=O)N[C@@H](C)C(=O)N[C@H](Cc1ccc(O)cc1)C(=O)O. The van der Waals surface area contributed by atoms with E-state index in [1.54, 1.807) is 6.26 Å². The summed E-state index contributed by atoms with van der Waals surface area (Å²) in [6.07, 6.45) is 1.33. The number of thioether (sulfide) groups is 1. The van der Waals surface area contributed by atoms with Gasteiger partial charge in [-0.3, -0.25) is 52.7 Å². The van der Waals surface area contributed by atoms with Crippen molar-refractivity contribution in [2.75, 3.05) is 23.5 Å². The third-order valence-corrected chi connectivity index (χ3v) is 14.4. The van der Waals surface area contributed by atoms with E-state index in [2.05, 4.69) is 83.1 Å². The lowest BCUT2D eigenvalue weighted by Crippen LogP contribution is -2.61. The largest absolute Gasteiger partial charge is 0.508 e. The Hall–Kier alpha value is -9.08. The Morgan fingerprint density at radius 1 is 0.477 bits per heavy atom. The van der Waals surface area contributed by atoms with Crippen molar-refractivity contribution in [2.45, 2.75) is 112 Å². The Bertz CT molecular complexity index is 3070. The van der Waals surface area contributed by atoms with Gasteiger partial charge in [-0.1, -0.05) is 36.4 Å². The standard InChI is InChI=1S/C55H70N12O18S3/c1-27(46(75)65-41(55(84)85)19-30-7-13-34(70)14-8-30)59-49(78)39(21-44(71)72)64-54(83)42(24-86)66-48(77)36(15-16-88-2)60-50(79)37(18-29-5-11-33(69)12-6-29)62-53(82)43(25-87)67-51(80)38(20-31-23-57-26-58-31)63-52(81)40(22-45(73)74)61-47(76)35(56)17-28-3-9-32(68)10-4-28/h3-14,23,26-27,35-43,68-70,86-87H,15-22,24-25,56H2,1-2H3,(H,57,58)(H,59,78)(H,60,79)(H,61,76)(H,62,82)(H,63,81)(H,64,83)(H,65,75)(H,66,77)(H,67,80)(H,71,72)(H,73,74)(H,84,85)/t27-,35-,36-,37-,38-,39+,40-,41+,42-,43-/m0/s1. The van der Waals surface area contributed by atoms with Crippen molar-refractivity contribution >= 4 is 108 Å². The van der Waals surface area contributed by atoms with Crippen LogP contribution < -0.4 is 53.6 Å². The molecular formula is C55H70N12O18S3. The van der Waals surface area contributed by atoms with E-state index >= 15 is 0 Å². The number of benzene rings is 3. The van der Waals surface area contributed by atoms with Crippen molar-refractivity contribution in [2.24, 2.45) is 5.73 Å². The summed E-state index contributed by atoms with van der Waals surface area (Å²) in [5.74, 6) is -14.8. The van der Waals surface area contributed by atoms with Crippen molar-refractivity contribution in [1.82, 2.24) is 57.8 Å². The maximum atomic E-state index is 14.4. The summed E-state index contributed by atoms with van der Waals surface area (Å²) in [4.78, 5) is 167. The van der Waals surface area contributed by atoms with Gasteiger partial charge in [-0.25, -0.2) is 9.78 Å². The minimum Gasteiger partial charge on any atom is -0.508 e. The Labute approximate surface area is 518 Å². The van der Waals surface area contributed by atoms with E-state index in [0.29, 0.717) is 16.7 Å². The molecule has 88 heavy (non-hydrogen) atoms. The first kappa shape index (κ1) is 71.4. The highest BCUT2D eigenvalue weighted by atomic mass is 32.2. The molecule has 0 bridgehead atoms. The number of hydrogen-bond acceptors (Lipinski definition) is 20. The minimum absolute atomic E-state index is 0.0432. The third-order valence-electron chi connectivity index (χ3n) is 13.0. The lowest BCUT2D eigenvalue weighted by molar-refractivity contribution is -0.143. The fraction of sp³-hybridized carbons (Fsp3) is 0.400. The van der Waals surface area contributed by atoms with Crippen LogP contribution in [0, 0.1) is 0 Å². The third kappa shape index (κ3) is 24.0. The quantitative estimate of drug-likeness (QED) is 0.0204. The highest BCUT2D eigenvalue weighted by Crippen LogP contribution is 2.16. The van der Waals surface area contributed by atoms with Gasteiger partial charge in [0.05, 0.1) is 30.9 Å². The Morgan fingerprint density at radius 3 is 1.25 bits per heavy atom. The van der Waals surface area contributed by atoms with Gasteiger partial charge in [-0.05, 0) is 84.9 Å². The number of H-pyrrole nitrogens is 1. The van der Waals surface area contributed by atoms with Gasteiger partial charge in [0.1, 0.15) is 71.6 Å². The van der Waals surface area contributed by atoms with E-state index < -0.39 is 156 Å². The van der Waals surface area contributed by atoms with E-state index in [1.165, 1.54) is 104 Å². The van der Waals surface area contributed by atoms with Crippen LogP contribution in [0.1, 0.15) is 48.6 Å². The summed E-state index contributed by atoms with van der Waals surface area (Å²) in [5.41, 5.74) is 7.64. The molecule has 33 heteroatoms. The van der Waals surface area contributed by atoms with Crippen LogP contribution in [-0.4, -0.2) is 196 Å². The van der Waals surface area contributed by atoms with Crippen molar-refractivity contribution < 1.29 is 88.2 Å². The number of carboxylic acid groups (broad SMARTS) is 3. The second-order valence-corrected chi connectivity index (χ2v) is 21.6. The van der Waals surface area contributed by atoms with E-state index in [-0.39, 0.29) is 60.8 Å². The van der Waals surface area contributed by atoms with Crippen LogP contribution in [0.25, 0.3) is 0 Å². The molecular weight excluding hydrogens is 1210 g/mol. The molecule has 18 N–H and O–H groups in total. The first-order chi connectivity index (χ1) is 41.7. The molecule has 0 fully saturated rings. The molecule has 4 aromatic rings. The topological polar surface area (TPSA) is 489 Å². The second-order valence-electron chi connectivity index (χ2n) is 19.9. The first-order valence-corrected chi connectivity index (χ1v) is 29.5. The number of aromatic hydroxyl groups is 3.